The number of fused-ring (bicyclic) bond motifs is 2. The Hall–Kier alpha value is -2.38. The lowest BCUT2D eigenvalue weighted by atomic mass is 10.1. The lowest BCUT2D eigenvalue weighted by Gasteiger charge is -2.12. The van der Waals surface area contributed by atoms with Gasteiger partial charge in [0.2, 0.25) is 0 Å². The average molecular weight is 342 g/mol. The van der Waals surface area contributed by atoms with Crippen molar-refractivity contribution in [2.75, 3.05) is 11.6 Å². The predicted octanol–water partition coefficient (Wildman–Crippen LogP) is 3.28. The number of amides is 1. The Morgan fingerprint density at radius 3 is 2.83 bits per heavy atom. The summed E-state index contributed by atoms with van der Waals surface area (Å²) in [5.74, 6) is -0.817. The molecule has 3 aromatic rings. The minimum Gasteiger partial charge on any atom is -0.321 e. The molecular weight excluding hydrogens is 327 g/mol. The third-order valence-electron chi connectivity index (χ3n) is 4.17. The zero-order valence-corrected chi connectivity index (χ0v) is 13.8. The fraction of sp³-hybridized carbons (Fsp3) is 0.176. The molecule has 0 unspecified atom stereocenters. The first-order valence-electron chi connectivity index (χ1n) is 7.50. The molecule has 0 saturated heterocycles. The van der Waals surface area contributed by atoms with Crippen molar-refractivity contribution in [1.82, 2.24) is 15.5 Å². The molecule has 122 valence electrons. The van der Waals surface area contributed by atoms with Crippen molar-refractivity contribution < 1.29 is 9.18 Å². The summed E-state index contributed by atoms with van der Waals surface area (Å²) in [6, 6.07) is 6.65. The molecule has 0 aliphatic carbocycles. The van der Waals surface area contributed by atoms with E-state index in [4.69, 9.17) is 0 Å². The number of nitrogens with zero attached hydrogens (tertiary/aromatic N) is 1. The van der Waals surface area contributed by atoms with Crippen LogP contribution in [0.15, 0.2) is 35.4 Å². The number of anilines is 1. The molecule has 0 atom stereocenters. The largest absolute Gasteiger partial charge is 0.321 e. The topological polar surface area (TPSA) is 69.8 Å². The molecule has 24 heavy (non-hydrogen) atoms. The molecule has 5 nitrogen and oxygen atoms in total. The van der Waals surface area contributed by atoms with Crippen LogP contribution in [-0.4, -0.2) is 22.4 Å². The van der Waals surface area contributed by atoms with Gasteiger partial charge in [0.1, 0.15) is 5.82 Å². The molecule has 3 N–H and O–H groups in total. The van der Waals surface area contributed by atoms with E-state index in [1.165, 1.54) is 29.5 Å². The summed E-state index contributed by atoms with van der Waals surface area (Å²) in [4.78, 5) is 13.7. The normalized spacial score (nSPS) is 13.2. The number of nitrogens with one attached hydrogen (secondary N) is 3. The number of carbonyl (C=O) groups is 1. The van der Waals surface area contributed by atoms with E-state index in [0.29, 0.717) is 10.9 Å². The number of thioether (sulfide) groups is 1. The van der Waals surface area contributed by atoms with E-state index < -0.39 is 5.82 Å². The molecule has 1 aliphatic rings. The van der Waals surface area contributed by atoms with Gasteiger partial charge in [0.25, 0.3) is 5.91 Å². The van der Waals surface area contributed by atoms with Crippen LogP contribution in [0.25, 0.3) is 10.9 Å². The number of carbonyl (C=O) groups excluding carboxylic acids is 1. The minimum absolute atomic E-state index is 0.268. The molecule has 1 aliphatic heterocycles. The van der Waals surface area contributed by atoms with Crippen LogP contribution in [0.1, 0.15) is 21.5 Å². The number of aromatic nitrogens is 2. The Kier molecular flexibility index (Phi) is 3.74. The fourth-order valence-electron chi connectivity index (χ4n) is 2.99. The van der Waals surface area contributed by atoms with Crippen LogP contribution >= 0.6 is 11.8 Å². The van der Waals surface area contributed by atoms with E-state index in [9.17, 15) is 9.18 Å². The lowest BCUT2D eigenvalue weighted by Crippen LogP contribution is -2.13. The number of hydrogen-bond donors (Lipinski definition) is 3. The summed E-state index contributed by atoms with van der Waals surface area (Å²) < 4.78 is 13.8. The van der Waals surface area contributed by atoms with Crippen LogP contribution in [-0.2, 0) is 13.1 Å². The third kappa shape index (κ3) is 2.55. The van der Waals surface area contributed by atoms with E-state index in [-0.39, 0.29) is 11.5 Å². The second kappa shape index (κ2) is 5.92. The zero-order chi connectivity index (χ0) is 16.7. The number of benzene rings is 2. The van der Waals surface area contributed by atoms with Gasteiger partial charge in [0, 0.05) is 23.4 Å². The molecule has 0 bridgehead atoms. The van der Waals surface area contributed by atoms with Crippen molar-refractivity contribution in [3.8, 4) is 0 Å². The van der Waals surface area contributed by atoms with Crippen LogP contribution in [0.5, 0.6) is 0 Å². The molecule has 1 amide bonds. The molecule has 0 saturated carbocycles. The first kappa shape index (κ1) is 15.2. The van der Waals surface area contributed by atoms with Gasteiger partial charge in [-0.2, -0.15) is 5.10 Å². The number of rotatable bonds is 3. The Balaban J connectivity index is 1.72. The highest BCUT2D eigenvalue weighted by atomic mass is 32.2. The summed E-state index contributed by atoms with van der Waals surface area (Å²) in [7, 11) is 0. The fourth-order valence-corrected chi connectivity index (χ4v) is 3.58. The molecule has 0 radical (unpaired) electrons. The van der Waals surface area contributed by atoms with Crippen LogP contribution < -0.4 is 10.6 Å². The molecule has 4 rings (SSSR count). The first-order valence-corrected chi connectivity index (χ1v) is 8.72. The summed E-state index contributed by atoms with van der Waals surface area (Å²) in [5.41, 5.74) is 3.94. The number of hydrogen-bond acceptors (Lipinski definition) is 4. The first-order chi connectivity index (χ1) is 11.7. The van der Waals surface area contributed by atoms with Gasteiger partial charge in [-0.1, -0.05) is 0 Å². The second-order valence-corrected chi connectivity index (χ2v) is 6.51. The smallest absolute Gasteiger partial charge is 0.256 e. The SMILES string of the molecule is CSc1cc2c(cc1NC(=O)c1cc(F)cc3[nH]ncc13)CNC2. The van der Waals surface area contributed by atoms with Gasteiger partial charge in [-0.15, -0.1) is 11.8 Å². The van der Waals surface area contributed by atoms with Crippen molar-refractivity contribution in [2.45, 2.75) is 18.0 Å². The van der Waals surface area contributed by atoms with Crippen LogP contribution in [0.4, 0.5) is 10.1 Å². The summed E-state index contributed by atoms with van der Waals surface area (Å²) in [5, 5.41) is 13.4. The van der Waals surface area contributed by atoms with Gasteiger partial charge in [-0.3, -0.25) is 9.89 Å². The Bertz CT molecular complexity index is 953. The highest BCUT2D eigenvalue weighted by Crippen LogP contribution is 2.32. The summed E-state index contributed by atoms with van der Waals surface area (Å²) in [6.45, 7) is 1.63. The number of H-pyrrole nitrogens is 1. The van der Waals surface area contributed by atoms with Crippen molar-refractivity contribution in [3.05, 3.63) is 53.0 Å². The van der Waals surface area contributed by atoms with E-state index in [1.54, 1.807) is 11.8 Å². The monoisotopic (exact) mass is 342 g/mol. The van der Waals surface area contributed by atoms with E-state index >= 15 is 0 Å². The van der Waals surface area contributed by atoms with Gasteiger partial charge < -0.3 is 10.6 Å². The Labute approximate surface area is 142 Å². The molecule has 2 heterocycles. The molecule has 0 spiro atoms. The molecule has 1 aromatic heterocycles. The van der Waals surface area contributed by atoms with Crippen molar-refractivity contribution >= 4 is 34.3 Å². The van der Waals surface area contributed by atoms with Crippen LogP contribution in [0.2, 0.25) is 0 Å². The van der Waals surface area contributed by atoms with Crippen LogP contribution in [0.3, 0.4) is 0 Å². The van der Waals surface area contributed by atoms with E-state index in [2.05, 4.69) is 26.9 Å². The minimum atomic E-state index is -0.472. The molecule has 7 heteroatoms. The van der Waals surface area contributed by atoms with Crippen molar-refractivity contribution in [3.63, 3.8) is 0 Å². The molecule has 0 fully saturated rings. The van der Waals surface area contributed by atoms with Crippen molar-refractivity contribution in [2.24, 2.45) is 0 Å². The number of aromatic amines is 1. The highest BCUT2D eigenvalue weighted by Gasteiger charge is 2.18. The maximum Gasteiger partial charge on any atom is 0.256 e. The highest BCUT2D eigenvalue weighted by molar-refractivity contribution is 7.98. The second-order valence-electron chi connectivity index (χ2n) is 5.66. The quantitative estimate of drug-likeness (QED) is 0.639. The maximum atomic E-state index is 13.8. The predicted molar refractivity (Wildman–Crippen MR) is 92.8 cm³/mol. The van der Waals surface area contributed by atoms with Gasteiger partial charge in [0.15, 0.2) is 0 Å². The van der Waals surface area contributed by atoms with Crippen LogP contribution in [0, 0.1) is 5.82 Å². The Morgan fingerprint density at radius 2 is 2.04 bits per heavy atom. The number of halogens is 1. The summed E-state index contributed by atoms with van der Waals surface area (Å²) >= 11 is 1.57. The van der Waals surface area contributed by atoms with E-state index in [1.807, 2.05) is 12.3 Å². The third-order valence-corrected chi connectivity index (χ3v) is 4.95. The van der Waals surface area contributed by atoms with Gasteiger partial charge in [-0.25, -0.2) is 4.39 Å². The maximum absolute atomic E-state index is 13.8. The molecule has 2 aromatic carbocycles. The molecular formula is C17H15FN4OS. The Morgan fingerprint density at radius 1 is 1.25 bits per heavy atom. The van der Waals surface area contributed by atoms with Gasteiger partial charge >= 0.3 is 0 Å². The zero-order valence-electron chi connectivity index (χ0n) is 12.9. The van der Waals surface area contributed by atoms with Gasteiger partial charge in [0.05, 0.1) is 23.0 Å². The van der Waals surface area contributed by atoms with Crippen molar-refractivity contribution in [1.29, 1.82) is 0 Å². The standard InChI is InChI=1S/C17H15FN4OS/c1-24-16-3-10-7-19-6-9(10)2-15(16)21-17(23)12-4-11(18)5-14-13(12)8-20-22-14/h2-5,8,19H,6-7H2,1H3,(H,20,22)(H,21,23). The average Bonchev–Trinajstić information content (AvgIpc) is 3.21. The lowest BCUT2D eigenvalue weighted by molar-refractivity contribution is 0.102. The van der Waals surface area contributed by atoms with E-state index in [0.717, 1.165) is 23.7 Å². The van der Waals surface area contributed by atoms with Gasteiger partial charge in [-0.05, 0) is 41.6 Å². The summed E-state index contributed by atoms with van der Waals surface area (Å²) in [6.07, 6.45) is 3.50.